The molecular formula is C15H23ClN2. The highest BCUT2D eigenvalue weighted by molar-refractivity contribution is 6.31. The molecule has 0 bridgehead atoms. The van der Waals surface area contributed by atoms with Crippen LogP contribution in [0.5, 0.6) is 0 Å². The molecule has 0 aromatic heterocycles. The number of aryl methyl sites for hydroxylation is 1. The Morgan fingerprint density at radius 3 is 2.44 bits per heavy atom. The van der Waals surface area contributed by atoms with E-state index in [-0.39, 0.29) is 5.54 Å². The van der Waals surface area contributed by atoms with Gasteiger partial charge in [-0.15, -0.1) is 0 Å². The Balaban J connectivity index is 2.15. The lowest BCUT2D eigenvalue weighted by molar-refractivity contribution is 0.418. The number of benzene rings is 1. The van der Waals surface area contributed by atoms with Crippen LogP contribution in [0.2, 0.25) is 5.02 Å². The maximum Gasteiger partial charge on any atom is 0.0495 e. The fraction of sp³-hybridized carbons (Fsp3) is 0.600. The zero-order valence-electron chi connectivity index (χ0n) is 11.1. The summed E-state index contributed by atoms with van der Waals surface area (Å²) in [6.07, 6.45) is 7.52. The van der Waals surface area contributed by atoms with Crippen LogP contribution < -0.4 is 11.1 Å². The molecule has 1 aromatic rings. The Hall–Kier alpha value is -0.730. The summed E-state index contributed by atoms with van der Waals surface area (Å²) in [5, 5.41) is 4.46. The molecule has 1 aromatic carbocycles. The van der Waals surface area contributed by atoms with E-state index in [4.69, 9.17) is 17.3 Å². The predicted molar refractivity (Wildman–Crippen MR) is 79.3 cm³/mol. The Morgan fingerprint density at radius 2 is 1.89 bits per heavy atom. The minimum atomic E-state index is 0.0646. The Morgan fingerprint density at radius 1 is 1.22 bits per heavy atom. The van der Waals surface area contributed by atoms with Gasteiger partial charge >= 0.3 is 0 Å². The maximum absolute atomic E-state index is 6.18. The minimum Gasteiger partial charge on any atom is -0.378 e. The van der Waals surface area contributed by atoms with E-state index in [2.05, 4.69) is 17.4 Å². The third-order valence-electron chi connectivity index (χ3n) is 4.03. The van der Waals surface area contributed by atoms with Crippen molar-refractivity contribution in [3.8, 4) is 0 Å². The van der Waals surface area contributed by atoms with Gasteiger partial charge in [0.15, 0.2) is 0 Å². The zero-order valence-corrected chi connectivity index (χ0v) is 11.9. The van der Waals surface area contributed by atoms with Crippen LogP contribution in [0.15, 0.2) is 18.2 Å². The summed E-state index contributed by atoms with van der Waals surface area (Å²) in [7, 11) is 0. The van der Waals surface area contributed by atoms with Crippen LogP contribution in [-0.4, -0.2) is 12.1 Å². The average molecular weight is 267 g/mol. The third-order valence-corrected chi connectivity index (χ3v) is 4.44. The first-order valence-electron chi connectivity index (χ1n) is 6.90. The van der Waals surface area contributed by atoms with Crippen LogP contribution in [0.4, 0.5) is 5.69 Å². The molecule has 0 unspecified atom stereocenters. The smallest absolute Gasteiger partial charge is 0.0495 e. The van der Waals surface area contributed by atoms with E-state index in [0.29, 0.717) is 6.54 Å². The largest absolute Gasteiger partial charge is 0.378 e. The molecule has 0 saturated heterocycles. The van der Waals surface area contributed by atoms with Gasteiger partial charge < -0.3 is 11.1 Å². The van der Waals surface area contributed by atoms with Crippen molar-refractivity contribution < 1.29 is 0 Å². The fourth-order valence-corrected chi connectivity index (χ4v) is 2.94. The van der Waals surface area contributed by atoms with E-state index in [1.54, 1.807) is 0 Å². The summed E-state index contributed by atoms with van der Waals surface area (Å²) < 4.78 is 0. The monoisotopic (exact) mass is 266 g/mol. The molecule has 2 nitrogen and oxygen atoms in total. The standard InChI is InChI=1S/C15H23ClN2/c1-12-6-7-13(10-14(12)16)18-15(11-17)8-4-2-3-5-9-15/h6-7,10,18H,2-5,8-9,11,17H2,1H3. The van der Waals surface area contributed by atoms with Crippen molar-refractivity contribution in [2.75, 3.05) is 11.9 Å². The summed E-state index contributed by atoms with van der Waals surface area (Å²) in [4.78, 5) is 0. The molecule has 1 saturated carbocycles. The van der Waals surface area contributed by atoms with Crippen LogP contribution >= 0.6 is 11.6 Å². The molecule has 1 aliphatic rings. The summed E-state index contributed by atoms with van der Waals surface area (Å²) in [5.74, 6) is 0. The Labute approximate surface area is 115 Å². The van der Waals surface area contributed by atoms with Crippen LogP contribution in [0, 0.1) is 6.92 Å². The molecule has 0 amide bonds. The molecule has 0 spiro atoms. The highest BCUT2D eigenvalue weighted by Gasteiger charge is 2.29. The van der Waals surface area contributed by atoms with Gasteiger partial charge in [0.2, 0.25) is 0 Å². The predicted octanol–water partition coefficient (Wildman–Crippen LogP) is 4.11. The van der Waals surface area contributed by atoms with E-state index in [0.717, 1.165) is 29.1 Å². The highest BCUT2D eigenvalue weighted by atomic mass is 35.5. The number of hydrogen-bond donors (Lipinski definition) is 2. The van der Waals surface area contributed by atoms with Crippen molar-refractivity contribution in [2.45, 2.75) is 51.0 Å². The molecule has 3 N–H and O–H groups in total. The Bertz CT molecular complexity index is 395. The number of nitrogens with one attached hydrogen (secondary N) is 1. The van der Waals surface area contributed by atoms with Crippen LogP contribution in [0.3, 0.4) is 0 Å². The molecule has 3 heteroatoms. The summed E-state index contributed by atoms with van der Waals surface area (Å²) >= 11 is 6.18. The van der Waals surface area contributed by atoms with Gasteiger partial charge in [-0.2, -0.15) is 0 Å². The van der Waals surface area contributed by atoms with Gasteiger partial charge in [0, 0.05) is 22.8 Å². The first-order chi connectivity index (χ1) is 8.65. The minimum absolute atomic E-state index is 0.0646. The summed E-state index contributed by atoms with van der Waals surface area (Å²) in [6.45, 7) is 2.72. The lowest BCUT2D eigenvalue weighted by atomic mass is 9.90. The van der Waals surface area contributed by atoms with Crippen molar-refractivity contribution in [3.05, 3.63) is 28.8 Å². The van der Waals surface area contributed by atoms with E-state index in [9.17, 15) is 0 Å². The van der Waals surface area contributed by atoms with Crippen LogP contribution in [-0.2, 0) is 0 Å². The van der Waals surface area contributed by atoms with Gasteiger partial charge in [0.05, 0.1) is 0 Å². The van der Waals surface area contributed by atoms with Gasteiger partial charge in [-0.05, 0) is 37.5 Å². The van der Waals surface area contributed by atoms with Gasteiger partial charge in [-0.1, -0.05) is 43.4 Å². The first kappa shape index (κ1) is 13.7. The number of halogens is 1. The number of anilines is 1. The first-order valence-corrected chi connectivity index (χ1v) is 7.27. The summed E-state index contributed by atoms with van der Waals surface area (Å²) in [6, 6.07) is 6.17. The van der Waals surface area contributed by atoms with E-state index >= 15 is 0 Å². The second-order valence-corrected chi connectivity index (χ2v) is 5.89. The van der Waals surface area contributed by atoms with E-state index in [1.807, 2.05) is 13.0 Å². The van der Waals surface area contributed by atoms with E-state index < -0.39 is 0 Å². The van der Waals surface area contributed by atoms with Gasteiger partial charge in [0.25, 0.3) is 0 Å². The SMILES string of the molecule is Cc1ccc(NC2(CN)CCCCCC2)cc1Cl. The second-order valence-electron chi connectivity index (χ2n) is 5.49. The fourth-order valence-electron chi connectivity index (χ4n) is 2.76. The van der Waals surface area contributed by atoms with Gasteiger partial charge in [-0.25, -0.2) is 0 Å². The molecule has 0 heterocycles. The Kier molecular flexibility index (Phi) is 4.52. The number of nitrogens with two attached hydrogens (primary N) is 1. The van der Waals surface area contributed by atoms with Gasteiger partial charge in [-0.3, -0.25) is 0 Å². The molecule has 1 fully saturated rings. The lowest BCUT2D eigenvalue weighted by Crippen LogP contribution is -2.45. The molecule has 2 rings (SSSR count). The lowest BCUT2D eigenvalue weighted by Gasteiger charge is -2.34. The molecule has 0 aliphatic heterocycles. The average Bonchev–Trinajstić information content (AvgIpc) is 2.60. The molecule has 100 valence electrons. The maximum atomic E-state index is 6.18. The van der Waals surface area contributed by atoms with E-state index in [1.165, 1.54) is 25.7 Å². The zero-order chi connectivity index (χ0) is 13.0. The quantitative estimate of drug-likeness (QED) is 0.808. The normalized spacial score (nSPS) is 19.3. The third kappa shape index (κ3) is 3.18. The molecule has 1 aliphatic carbocycles. The number of rotatable bonds is 3. The molecule has 0 radical (unpaired) electrons. The molecular weight excluding hydrogens is 244 g/mol. The van der Waals surface area contributed by atoms with Gasteiger partial charge in [0.1, 0.15) is 0 Å². The molecule has 18 heavy (non-hydrogen) atoms. The number of hydrogen-bond acceptors (Lipinski definition) is 2. The van der Waals surface area contributed by atoms with Crippen molar-refractivity contribution in [1.82, 2.24) is 0 Å². The van der Waals surface area contributed by atoms with Crippen LogP contribution in [0.25, 0.3) is 0 Å². The summed E-state index contributed by atoms with van der Waals surface area (Å²) in [5.41, 5.74) is 8.30. The molecule has 0 atom stereocenters. The van der Waals surface area contributed by atoms with Crippen LogP contribution in [0.1, 0.15) is 44.1 Å². The van der Waals surface area contributed by atoms with Crippen molar-refractivity contribution in [3.63, 3.8) is 0 Å². The van der Waals surface area contributed by atoms with Crippen molar-refractivity contribution >= 4 is 17.3 Å². The highest BCUT2D eigenvalue weighted by Crippen LogP contribution is 2.31. The van der Waals surface area contributed by atoms with Crippen molar-refractivity contribution in [2.24, 2.45) is 5.73 Å². The van der Waals surface area contributed by atoms with Crippen molar-refractivity contribution in [1.29, 1.82) is 0 Å². The topological polar surface area (TPSA) is 38.0 Å². The second kappa shape index (κ2) is 5.94.